The van der Waals surface area contributed by atoms with Gasteiger partial charge in [-0.2, -0.15) is 15.0 Å². The number of aromatic nitrogens is 3. The molecular formula is C15H9ClN6O4S. The summed E-state index contributed by atoms with van der Waals surface area (Å²) >= 11 is 5.71. The number of anilines is 1. The van der Waals surface area contributed by atoms with Gasteiger partial charge in [0, 0.05) is 12.3 Å². The van der Waals surface area contributed by atoms with Crippen LogP contribution in [-0.4, -0.2) is 28.1 Å². The minimum absolute atomic E-state index is 0.0484. The lowest BCUT2D eigenvalue weighted by Gasteiger charge is -2.11. The van der Waals surface area contributed by atoms with Gasteiger partial charge in [-0.15, -0.1) is 0 Å². The van der Waals surface area contributed by atoms with Gasteiger partial charge in [-0.3, -0.25) is 14.8 Å². The van der Waals surface area contributed by atoms with E-state index in [1.54, 1.807) is 18.2 Å². The molecule has 0 saturated heterocycles. The predicted molar refractivity (Wildman–Crippen MR) is 95.0 cm³/mol. The lowest BCUT2D eigenvalue weighted by atomic mass is 10.3. The summed E-state index contributed by atoms with van der Waals surface area (Å²) in [6.07, 6.45) is 2.65. The van der Waals surface area contributed by atoms with E-state index in [-0.39, 0.29) is 22.2 Å². The van der Waals surface area contributed by atoms with Crippen molar-refractivity contribution in [2.45, 2.75) is 4.90 Å². The quantitative estimate of drug-likeness (QED) is 0.508. The lowest BCUT2D eigenvalue weighted by Crippen LogP contribution is -2.17. The molecule has 2 aromatic heterocycles. The van der Waals surface area contributed by atoms with Gasteiger partial charge < -0.3 is 0 Å². The molecule has 0 atom stereocenters. The molecule has 0 radical (unpaired) electrons. The maximum Gasteiger partial charge on any atom is 0.289 e. The Morgan fingerprint density at radius 3 is 2.70 bits per heavy atom. The van der Waals surface area contributed by atoms with Crippen LogP contribution in [0.2, 0.25) is 5.02 Å². The van der Waals surface area contributed by atoms with Crippen molar-refractivity contribution in [1.29, 1.82) is 5.26 Å². The first kappa shape index (κ1) is 18.3. The molecule has 0 amide bonds. The monoisotopic (exact) mass is 404 g/mol. The average molecular weight is 405 g/mol. The van der Waals surface area contributed by atoms with Crippen LogP contribution in [0.3, 0.4) is 0 Å². The van der Waals surface area contributed by atoms with E-state index in [1.807, 2.05) is 6.07 Å². The Kier molecular flexibility index (Phi) is 4.76. The van der Waals surface area contributed by atoms with Crippen LogP contribution < -0.4 is 4.72 Å². The standard InChI is InChI=1S/C15H9ClN6O4S/c16-12-5-4-11(7-13(12)22(23)24)27(25,26)20-15-10(8-17)9-19-21(15)14-3-1-2-6-18-14/h1-7,9,20H. The number of rotatable bonds is 5. The Labute approximate surface area is 157 Å². The third-order valence-electron chi connectivity index (χ3n) is 3.41. The summed E-state index contributed by atoms with van der Waals surface area (Å²) in [5, 5.41) is 24.0. The normalized spacial score (nSPS) is 11.0. The van der Waals surface area contributed by atoms with E-state index >= 15 is 0 Å². The lowest BCUT2D eigenvalue weighted by molar-refractivity contribution is -0.384. The maximum atomic E-state index is 12.7. The maximum absolute atomic E-state index is 12.7. The summed E-state index contributed by atoms with van der Waals surface area (Å²) in [6.45, 7) is 0. The third-order valence-corrected chi connectivity index (χ3v) is 5.07. The summed E-state index contributed by atoms with van der Waals surface area (Å²) in [5.41, 5.74) is -0.606. The van der Waals surface area contributed by atoms with Crippen molar-refractivity contribution < 1.29 is 13.3 Å². The highest BCUT2D eigenvalue weighted by atomic mass is 35.5. The fraction of sp³-hybridized carbons (Fsp3) is 0. The fourth-order valence-electron chi connectivity index (χ4n) is 2.17. The van der Waals surface area contributed by atoms with E-state index in [0.29, 0.717) is 0 Å². The van der Waals surface area contributed by atoms with Gasteiger partial charge >= 0.3 is 0 Å². The van der Waals surface area contributed by atoms with Gasteiger partial charge in [0.2, 0.25) is 0 Å². The Bertz CT molecular complexity index is 1170. The van der Waals surface area contributed by atoms with Crippen molar-refractivity contribution in [2.75, 3.05) is 4.72 Å². The molecule has 12 heteroatoms. The Balaban J connectivity index is 2.08. The highest BCUT2D eigenvalue weighted by Gasteiger charge is 2.24. The molecule has 0 saturated carbocycles. The van der Waals surface area contributed by atoms with Crippen molar-refractivity contribution in [1.82, 2.24) is 14.8 Å². The SMILES string of the molecule is N#Cc1cnn(-c2ccccn2)c1NS(=O)(=O)c1ccc(Cl)c([N+](=O)[O-])c1. The molecule has 0 aliphatic heterocycles. The molecule has 1 aromatic carbocycles. The number of nitro benzene ring substituents is 1. The van der Waals surface area contributed by atoms with Crippen LogP contribution in [0.4, 0.5) is 11.5 Å². The number of nitrogens with one attached hydrogen (secondary N) is 1. The number of nitriles is 1. The van der Waals surface area contributed by atoms with Crippen LogP contribution >= 0.6 is 11.6 Å². The molecule has 0 unspecified atom stereocenters. The number of nitro groups is 1. The van der Waals surface area contributed by atoms with Crippen LogP contribution in [0.1, 0.15) is 5.56 Å². The number of hydrogen-bond donors (Lipinski definition) is 1. The first-order valence-corrected chi connectivity index (χ1v) is 9.06. The summed E-state index contributed by atoms with van der Waals surface area (Å²) in [6, 6.07) is 9.78. The van der Waals surface area contributed by atoms with Gasteiger partial charge in [0.1, 0.15) is 16.7 Å². The largest absolute Gasteiger partial charge is 0.289 e. The van der Waals surface area contributed by atoms with Crippen LogP contribution in [0.5, 0.6) is 0 Å². The van der Waals surface area contributed by atoms with Crippen molar-refractivity contribution in [3.05, 3.63) is 69.5 Å². The van der Waals surface area contributed by atoms with E-state index < -0.39 is 25.5 Å². The zero-order valence-corrected chi connectivity index (χ0v) is 14.8. The molecule has 2 heterocycles. The highest BCUT2D eigenvalue weighted by molar-refractivity contribution is 7.92. The second kappa shape index (κ2) is 7.02. The molecule has 0 aliphatic carbocycles. The van der Waals surface area contributed by atoms with E-state index in [0.717, 1.165) is 22.9 Å². The Morgan fingerprint density at radius 2 is 2.07 bits per heavy atom. The molecule has 0 aliphatic rings. The van der Waals surface area contributed by atoms with Crippen molar-refractivity contribution in [2.24, 2.45) is 0 Å². The first-order chi connectivity index (χ1) is 12.8. The van der Waals surface area contributed by atoms with Gasteiger partial charge in [-0.25, -0.2) is 13.4 Å². The fourth-order valence-corrected chi connectivity index (χ4v) is 3.44. The molecule has 27 heavy (non-hydrogen) atoms. The molecule has 1 N–H and O–H groups in total. The number of halogens is 1. The molecule has 3 aromatic rings. The van der Waals surface area contributed by atoms with Crippen LogP contribution in [0.25, 0.3) is 5.82 Å². The number of hydrogen-bond acceptors (Lipinski definition) is 7. The summed E-state index contributed by atoms with van der Waals surface area (Å²) < 4.78 is 28.7. The van der Waals surface area contributed by atoms with Gasteiger partial charge in [0.15, 0.2) is 11.6 Å². The minimum atomic E-state index is -4.27. The zero-order chi connectivity index (χ0) is 19.6. The zero-order valence-electron chi connectivity index (χ0n) is 13.3. The highest BCUT2D eigenvalue weighted by Crippen LogP contribution is 2.29. The van der Waals surface area contributed by atoms with E-state index in [2.05, 4.69) is 14.8 Å². The first-order valence-electron chi connectivity index (χ1n) is 7.20. The van der Waals surface area contributed by atoms with Gasteiger partial charge in [-0.05, 0) is 24.3 Å². The third kappa shape index (κ3) is 3.57. The number of sulfonamides is 1. The molecule has 0 bridgehead atoms. The van der Waals surface area contributed by atoms with E-state index in [4.69, 9.17) is 11.6 Å². The van der Waals surface area contributed by atoms with Crippen LogP contribution in [-0.2, 0) is 10.0 Å². The summed E-state index contributed by atoms with van der Waals surface area (Å²) in [4.78, 5) is 13.9. The molecule has 0 fully saturated rings. The second-order valence-electron chi connectivity index (χ2n) is 5.09. The Morgan fingerprint density at radius 1 is 1.30 bits per heavy atom. The van der Waals surface area contributed by atoms with Crippen molar-refractivity contribution >= 4 is 33.1 Å². The molecule has 136 valence electrons. The molecular weight excluding hydrogens is 396 g/mol. The van der Waals surface area contributed by atoms with Crippen LogP contribution in [0, 0.1) is 21.4 Å². The molecule has 0 spiro atoms. The van der Waals surface area contributed by atoms with Crippen LogP contribution in [0.15, 0.2) is 53.7 Å². The molecule has 10 nitrogen and oxygen atoms in total. The summed E-state index contributed by atoms with van der Waals surface area (Å²) in [7, 11) is -4.27. The molecule has 3 rings (SSSR count). The van der Waals surface area contributed by atoms with Gasteiger partial charge in [-0.1, -0.05) is 17.7 Å². The smallest absolute Gasteiger partial charge is 0.262 e. The van der Waals surface area contributed by atoms with Gasteiger partial charge in [0.05, 0.1) is 16.0 Å². The average Bonchev–Trinajstić information content (AvgIpc) is 3.04. The van der Waals surface area contributed by atoms with E-state index in [1.165, 1.54) is 12.4 Å². The number of nitrogens with zero attached hydrogens (tertiary/aromatic N) is 5. The number of pyridine rings is 1. The Hall–Kier alpha value is -3.49. The number of benzene rings is 1. The second-order valence-corrected chi connectivity index (χ2v) is 7.18. The summed E-state index contributed by atoms with van der Waals surface area (Å²) in [5.74, 6) is 0.132. The van der Waals surface area contributed by atoms with E-state index in [9.17, 15) is 23.8 Å². The predicted octanol–water partition coefficient (Wildman–Crippen LogP) is 2.50. The topological polar surface area (TPSA) is 144 Å². The minimum Gasteiger partial charge on any atom is -0.262 e. The van der Waals surface area contributed by atoms with Crippen molar-refractivity contribution in [3.8, 4) is 11.9 Å². The van der Waals surface area contributed by atoms with Gasteiger partial charge in [0.25, 0.3) is 15.7 Å². The van der Waals surface area contributed by atoms with Crippen molar-refractivity contribution in [3.63, 3.8) is 0 Å².